The van der Waals surface area contributed by atoms with Gasteiger partial charge >= 0.3 is 0 Å². The number of ketones is 1. The SMILES string of the molecule is C=[N+](C)c1ccc2c(-c3ccc(C)c(OCCOc4ccc(C(=O)NCCNC(=O)c5ccc(C(=O)c6ccccc6)cc5)cc4C)c3)c3ccc(=[N+](C)C)cc-3oc2c1. The highest BCUT2D eigenvalue weighted by Crippen LogP contribution is 2.42. The summed E-state index contributed by atoms with van der Waals surface area (Å²) in [7, 11) is 5.93. The molecule has 2 N–H and O–H groups in total. The zero-order valence-corrected chi connectivity index (χ0v) is 34.5. The Morgan fingerprint density at radius 1 is 0.633 bits per heavy atom. The van der Waals surface area contributed by atoms with Crippen molar-refractivity contribution in [2.75, 3.05) is 47.4 Å². The Balaban J connectivity index is 0.933. The standard InChI is InChI=1S/C50H46N4O6/c1-32-12-13-37(47-41-21-19-39(53(3)4)30-45(41)60-46-31-40(54(5)6)20-22-42(46)47)29-44(32)59-27-26-58-43-23-18-38(28-33(43)2)50(57)52-25-24-51-49(56)36-16-14-35(15-17-36)48(55)34-10-8-7-9-11-34/h7-23,28-31H,3,24-27H2,1-2,4-6H3/p+2. The number of nitrogens with one attached hydrogen (secondary N) is 2. The number of hydrogen-bond donors (Lipinski definition) is 2. The van der Waals surface area contributed by atoms with Gasteiger partial charge in [-0.2, -0.15) is 0 Å². The molecule has 7 rings (SSSR count). The van der Waals surface area contributed by atoms with E-state index in [1.54, 1.807) is 54.6 Å². The molecule has 0 saturated carbocycles. The van der Waals surface area contributed by atoms with Gasteiger partial charge in [0.25, 0.3) is 11.8 Å². The van der Waals surface area contributed by atoms with Crippen molar-refractivity contribution in [3.8, 4) is 33.9 Å². The van der Waals surface area contributed by atoms with Gasteiger partial charge in [-0.3, -0.25) is 14.4 Å². The van der Waals surface area contributed by atoms with Gasteiger partial charge in [0, 0.05) is 64.0 Å². The Kier molecular flexibility index (Phi) is 12.3. The number of nitrogens with zero attached hydrogens (tertiary/aromatic N) is 2. The smallest absolute Gasteiger partial charge is 0.251 e. The third kappa shape index (κ3) is 9.18. The van der Waals surface area contributed by atoms with Crippen molar-refractivity contribution >= 4 is 41.0 Å². The van der Waals surface area contributed by atoms with Crippen LogP contribution in [0.5, 0.6) is 11.5 Å². The van der Waals surface area contributed by atoms with Crippen LogP contribution in [-0.4, -0.2) is 76.3 Å². The van der Waals surface area contributed by atoms with Gasteiger partial charge in [-0.15, -0.1) is 0 Å². The molecule has 0 bridgehead atoms. The summed E-state index contributed by atoms with van der Waals surface area (Å²) in [6, 6.07) is 39.4. The number of amides is 2. The zero-order chi connectivity index (χ0) is 42.3. The highest BCUT2D eigenvalue weighted by Gasteiger charge is 2.20. The number of rotatable bonds is 14. The molecule has 302 valence electrons. The van der Waals surface area contributed by atoms with Gasteiger partial charge in [0.05, 0.1) is 12.1 Å². The molecule has 2 aliphatic rings. The molecular weight excluding hydrogens is 753 g/mol. The molecule has 5 aromatic carbocycles. The molecule has 60 heavy (non-hydrogen) atoms. The average Bonchev–Trinajstić information content (AvgIpc) is 3.26. The summed E-state index contributed by atoms with van der Waals surface area (Å²) in [6.07, 6.45) is 0. The number of aryl methyl sites for hydroxylation is 2. The highest BCUT2D eigenvalue weighted by atomic mass is 16.5. The van der Waals surface area contributed by atoms with Crippen molar-refractivity contribution in [1.29, 1.82) is 0 Å². The van der Waals surface area contributed by atoms with Crippen molar-refractivity contribution in [2.45, 2.75) is 13.8 Å². The van der Waals surface area contributed by atoms with E-state index in [4.69, 9.17) is 13.9 Å². The monoisotopic (exact) mass is 800 g/mol. The Labute approximate surface area is 349 Å². The van der Waals surface area contributed by atoms with Crippen LogP contribution in [0.2, 0.25) is 0 Å². The molecule has 0 atom stereocenters. The Morgan fingerprint density at radius 3 is 1.97 bits per heavy atom. The molecule has 1 aliphatic heterocycles. The van der Waals surface area contributed by atoms with Gasteiger partial charge in [-0.05, 0) is 79.1 Å². The molecule has 0 fully saturated rings. The summed E-state index contributed by atoms with van der Waals surface area (Å²) in [5, 5.41) is 7.68. The third-order valence-electron chi connectivity index (χ3n) is 10.3. The lowest BCUT2D eigenvalue weighted by Crippen LogP contribution is -2.34. The first kappa shape index (κ1) is 40.9. The lowest BCUT2D eigenvalue weighted by molar-refractivity contribution is -0.394. The van der Waals surface area contributed by atoms with E-state index in [2.05, 4.69) is 64.4 Å². The third-order valence-corrected chi connectivity index (χ3v) is 10.3. The second-order valence-corrected chi connectivity index (χ2v) is 14.9. The normalized spacial score (nSPS) is 10.9. The van der Waals surface area contributed by atoms with E-state index in [-0.39, 0.29) is 30.7 Å². The molecule has 0 unspecified atom stereocenters. The second kappa shape index (κ2) is 18.1. The fourth-order valence-corrected chi connectivity index (χ4v) is 6.95. The van der Waals surface area contributed by atoms with E-state index in [0.29, 0.717) is 41.2 Å². The van der Waals surface area contributed by atoms with Crippen molar-refractivity contribution < 1.29 is 32.9 Å². The fraction of sp³-hybridized carbons (Fsp3) is 0.180. The molecule has 10 heteroatoms. The summed E-state index contributed by atoms with van der Waals surface area (Å²) in [6.45, 7) is 9.04. The largest absolute Gasteiger partial charge is 0.490 e. The van der Waals surface area contributed by atoms with Crippen LogP contribution in [0, 0.1) is 13.8 Å². The van der Waals surface area contributed by atoms with Crippen LogP contribution < -0.4 is 30.0 Å². The number of benzene rings is 6. The average molecular weight is 801 g/mol. The molecule has 5 aromatic rings. The number of fused-ring (bicyclic) bond motifs is 2. The molecule has 10 nitrogen and oxygen atoms in total. The first-order chi connectivity index (χ1) is 29.0. The van der Waals surface area contributed by atoms with Crippen LogP contribution in [0.4, 0.5) is 5.69 Å². The van der Waals surface area contributed by atoms with Gasteiger partial charge in [-0.1, -0.05) is 54.6 Å². The Morgan fingerprint density at radius 2 is 1.28 bits per heavy atom. The molecule has 0 saturated heterocycles. The molecule has 2 amide bonds. The lowest BCUT2D eigenvalue weighted by Gasteiger charge is -2.17. The van der Waals surface area contributed by atoms with Crippen molar-refractivity contribution in [2.24, 2.45) is 0 Å². The minimum atomic E-state index is -0.294. The molecule has 0 radical (unpaired) electrons. The zero-order valence-electron chi connectivity index (χ0n) is 34.5. The second-order valence-electron chi connectivity index (χ2n) is 14.9. The molecule has 1 aliphatic carbocycles. The van der Waals surface area contributed by atoms with E-state index in [1.165, 1.54) is 0 Å². The summed E-state index contributed by atoms with van der Waals surface area (Å²) in [4.78, 5) is 38.3. The number of carbonyl (C=O) groups excluding carboxylic acids is 3. The summed E-state index contributed by atoms with van der Waals surface area (Å²) in [5.74, 6) is 1.53. The van der Waals surface area contributed by atoms with Crippen LogP contribution in [0.1, 0.15) is 47.8 Å². The van der Waals surface area contributed by atoms with Crippen molar-refractivity contribution in [3.63, 3.8) is 0 Å². The van der Waals surface area contributed by atoms with Crippen LogP contribution in [-0.2, 0) is 0 Å². The van der Waals surface area contributed by atoms with Crippen LogP contribution in [0.25, 0.3) is 33.4 Å². The van der Waals surface area contributed by atoms with Crippen LogP contribution in [0.15, 0.2) is 132 Å². The first-order valence-electron chi connectivity index (χ1n) is 19.8. The van der Waals surface area contributed by atoms with E-state index in [1.807, 2.05) is 69.9 Å². The summed E-state index contributed by atoms with van der Waals surface area (Å²) < 4.78 is 22.7. The van der Waals surface area contributed by atoms with Gasteiger partial charge in [0.15, 0.2) is 5.78 Å². The molecule has 0 aromatic heterocycles. The molecule has 1 heterocycles. The number of hydrogen-bond acceptors (Lipinski definition) is 6. The minimum Gasteiger partial charge on any atom is -0.490 e. The lowest BCUT2D eigenvalue weighted by atomic mass is 9.93. The number of ether oxygens (including phenoxy) is 2. The van der Waals surface area contributed by atoms with E-state index in [9.17, 15) is 14.4 Å². The topological polar surface area (TPSA) is 113 Å². The maximum Gasteiger partial charge on any atom is 0.251 e. The van der Waals surface area contributed by atoms with E-state index >= 15 is 0 Å². The van der Waals surface area contributed by atoms with E-state index in [0.717, 1.165) is 61.3 Å². The highest BCUT2D eigenvalue weighted by molar-refractivity contribution is 6.09. The Bertz CT molecular complexity index is 2790. The Hall–Kier alpha value is -7.33. The van der Waals surface area contributed by atoms with Gasteiger partial charge in [0.2, 0.25) is 11.0 Å². The minimum absolute atomic E-state index is 0.108. The van der Waals surface area contributed by atoms with Gasteiger partial charge in [-0.25, -0.2) is 9.15 Å². The van der Waals surface area contributed by atoms with Gasteiger partial charge < -0.3 is 24.5 Å². The predicted octanol–water partition coefficient (Wildman–Crippen LogP) is 7.68. The van der Waals surface area contributed by atoms with Crippen LogP contribution >= 0.6 is 0 Å². The van der Waals surface area contributed by atoms with E-state index < -0.39 is 0 Å². The fourth-order valence-electron chi connectivity index (χ4n) is 6.95. The maximum absolute atomic E-state index is 12.9. The predicted molar refractivity (Wildman–Crippen MR) is 236 cm³/mol. The van der Waals surface area contributed by atoms with Crippen molar-refractivity contribution in [1.82, 2.24) is 15.2 Å². The number of carbonyl (C=O) groups is 3. The quantitative estimate of drug-likeness (QED) is 0.0384. The van der Waals surface area contributed by atoms with Crippen LogP contribution in [0.3, 0.4) is 0 Å². The van der Waals surface area contributed by atoms with Gasteiger partial charge in [0.1, 0.15) is 63.9 Å². The maximum atomic E-state index is 12.9. The summed E-state index contributed by atoms with van der Waals surface area (Å²) >= 11 is 0. The summed E-state index contributed by atoms with van der Waals surface area (Å²) in [5.41, 5.74) is 8.57. The first-order valence-corrected chi connectivity index (χ1v) is 19.8. The molecular formula is C50H48N4O6+2. The van der Waals surface area contributed by atoms with Crippen molar-refractivity contribution in [3.05, 3.63) is 166 Å². The molecule has 0 spiro atoms.